The van der Waals surface area contributed by atoms with Gasteiger partial charge in [0.15, 0.2) is 15.8 Å². The molecule has 2 aliphatic rings. The van der Waals surface area contributed by atoms with E-state index in [2.05, 4.69) is 36.4 Å². The predicted octanol–water partition coefficient (Wildman–Crippen LogP) is 1.55. The Hall–Kier alpha value is -0.0900. The molecule has 2 saturated heterocycles. The van der Waals surface area contributed by atoms with Gasteiger partial charge in [-0.15, -0.1) is 24.0 Å². The van der Waals surface area contributed by atoms with Crippen LogP contribution in [0.15, 0.2) is 4.99 Å². The molecule has 2 aliphatic heterocycles. The van der Waals surface area contributed by atoms with E-state index >= 15 is 0 Å². The Morgan fingerprint density at radius 1 is 1.30 bits per heavy atom. The molecule has 0 aromatic carbocycles. The molecular formula is C15H30IN3O3S. The Labute approximate surface area is 157 Å². The van der Waals surface area contributed by atoms with Crippen molar-refractivity contribution in [1.29, 1.82) is 0 Å². The first-order valence-corrected chi connectivity index (χ1v) is 9.94. The second kappa shape index (κ2) is 8.84. The first kappa shape index (κ1) is 21.0. The Morgan fingerprint density at radius 3 is 2.57 bits per heavy atom. The van der Waals surface area contributed by atoms with E-state index in [1.807, 2.05) is 0 Å². The fourth-order valence-electron chi connectivity index (χ4n) is 2.75. The molecule has 2 unspecified atom stereocenters. The van der Waals surface area contributed by atoms with E-state index in [-0.39, 0.29) is 47.3 Å². The minimum absolute atomic E-state index is 0. The van der Waals surface area contributed by atoms with Crippen molar-refractivity contribution in [2.45, 2.75) is 51.7 Å². The minimum Gasteiger partial charge on any atom is -0.376 e. The molecule has 0 bridgehead atoms. The molecule has 23 heavy (non-hydrogen) atoms. The van der Waals surface area contributed by atoms with E-state index in [0.717, 1.165) is 38.4 Å². The fourth-order valence-corrected chi connectivity index (χ4v) is 4.60. The molecule has 136 valence electrons. The van der Waals surface area contributed by atoms with E-state index in [1.165, 1.54) is 0 Å². The van der Waals surface area contributed by atoms with Crippen molar-refractivity contribution >= 4 is 39.8 Å². The van der Waals surface area contributed by atoms with Gasteiger partial charge in [-0.1, -0.05) is 0 Å². The van der Waals surface area contributed by atoms with Crippen molar-refractivity contribution < 1.29 is 13.2 Å². The molecule has 2 N–H and O–H groups in total. The van der Waals surface area contributed by atoms with Crippen LogP contribution in [0.5, 0.6) is 0 Å². The molecule has 0 aromatic rings. The van der Waals surface area contributed by atoms with Crippen LogP contribution >= 0.6 is 24.0 Å². The topological polar surface area (TPSA) is 79.8 Å². The average Bonchev–Trinajstić information content (AvgIpc) is 3.00. The lowest BCUT2D eigenvalue weighted by Crippen LogP contribution is -2.49. The summed E-state index contributed by atoms with van der Waals surface area (Å²) >= 11 is 0. The van der Waals surface area contributed by atoms with E-state index < -0.39 is 9.84 Å². The van der Waals surface area contributed by atoms with Gasteiger partial charge in [-0.25, -0.2) is 8.42 Å². The van der Waals surface area contributed by atoms with Gasteiger partial charge in [0, 0.05) is 25.2 Å². The average molecular weight is 459 g/mol. The third kappa shape index (κ3) is 8.02. The fraction of sp³-hybridized carbons (Fsp3) is 0.933. The number of rotatable bonds is 4. The summed E-state index contributed by atoms with van der Waals surface area (Å²) in [6.45, 7) is 8.37. The van der Waals surface area contributed by atoms with Crippen LogP contribution in [0, 0.1) is 5.92 Å². The maximum absolute atomic E-state index is 11.5. The summed E-state index contributed by atoms with van der Waals surface area (Å²) in [7, 11) is -2.83. The van der Waals surface area contributed by atoms with Gasteiger partial charge in [0.2, 0.25) is 0 Å². The van der Waals surface area contributed by atoms with Crippen LogP contribution in [0.25, 0.3) is 0 Å². The summed E-state index contributed by atoms with van der Waals surface area (Å²) in [5, 5.41) is 6.69. The molecule has 2 heterocycles. The third-order valence-electron chi connectivity index (χ3n) is 3.85. The highest BCUT2D eigenvalue weighted by molar-refractivity contribution is 14.0. The third-order valence-corrected chi connectivity index (χ3v) is 5.69. The van der Waals surface area contributed by atoms with E-state index in [9.17, 15) is 8.42 Å². The molecule has 2 rings (SSSR count). The van der Waals surface area contributed by atoms with Crippen molar-refractivity contribution in [1.82, 2.24) is 10.6 Å². The quantitative estimate of drug-likeness (QED) is 0.379. The predicted molar refractivity (Wildman–Crippen MR) is 104 cm³/mol. The summed E-state index contributed by atoms with van der Waals surface area (Å²) in [5.41, 5.74) is -0.0931. The van der Waals surface area contributed by atoms with Crippen molar-refractivity contribution in [3.8, 4) is 0 Å². The molecule has 0 aliphatic carbocycles. The van der Waals surface area contributed by atoms with Crippen LogP contribution in [0.2, 0.25) is 0 Å². The van der Waals surface area contributed by atoms with Crippen molar-refractivity contribution in [2.75, 3.05) is 31.2 Å². The van der Waals surface area contributed by atoms with Crippen molar-refractivity contribution in [2.24, 2.45) is 10.9 Å². The largest absolute Gasteiger partial charge is 0.376 e. The zero-order chi connectivity index (χ0) is 16.2. The van der Waals surface area contributed by atoms with Crippen LogP contribution < -0.4 is 10.6 Å². The number of sulfone groups is 1. The first-order valence-electron chi connectivity index (χ1n) is 8.12. The van der Waals surface area contributed by atoms with Crippen LogP contribution in [-0.4, -0.2) is 57.2 Å². The lowest BCUT2D eigenvalue weighted by molar-refractivity contribution is 0.113. The number of nitrogens with one attached hydrogen (secondary N) is 2. The van der Waals surface area contributed by atoms with E-state index in [4.69, 9.17) is 4.74 Å². The van der Waals surface area contributed by atoms with E-state index in [1.54, 1.807) is 0 Å². The first-order chi connectivity index (χ1) is 10.2. The molecular weight excluding hydrogens is 429 g/mol. The van der Waals surface area contributed by atoms with Gasteiger partial charge < -0.3 is 15.4 Å². The molecule has 8 heteroatoms. The maximum atomic E-state index is 11.5. The van der Waals surface area contributed by atoms with Gasteiger partial charge in [-0.2, -0.15) is 0 Å². The summed E-state index contributed by atoms with van der Waals surface area (Å²) in [6, 6.07) is 0. The van der Waals surface area contributed by atoms with Gasteiger partial charge in [-0.05, 0) is 46.0 Å². The molecule has 0 aromatic heterocycles. The zero-order valence-corrected chi connectivity index (χ0v) is 17.4. The second-order valence-corrected chi connectivity index (χ2v) is 9.58. The zero-order valence-electron chi connectivity index (χ0n) is 14.3. The van der Waals surface area contributed by atoms with Crippen LogP contribution in [0.1, 0.15) is 40.0 Å². The number of halogens is 1. The smallest absolute Gasteiger partial charge is 0.191 e. The van der Waals surface area contributed by atoms with Crippen LogP contribution in [-0.2, 0) is 14.6 Å². The molecule has 0 amide bonds. The highest BCUT2D eigenvalue weighted by Gasteiger charge is 2.27. The summed E-state index contributed by atoms with van der Waals surface area (Å²) < 4.78 is 28.6. The van der Waals surface area contributed by atoms with E-state index in [0.29, 0.717) is 12.3 Å². The van der Waals surface area contributed by atoms with Gasteiger partial charge in [0.1, 0.15) is 0 Å². The lowest BCUT2D eigenvalue weighted by Gasteiger charge is -2.25. The number of aliphatic imine (C=N–C) groups is 1. The number of guanidine groups is 1. The second-order valence-electron chi connectivity index (χ2n) is 7.35. The van der Waals surface area contributed by atoms with Gasteiger partial charge in [0.05, 0.1) is 17.6 Å². The van der Waals surface area contributed by atoms with Gasteiger partial charge in [-0.3, -0.25) is 4.99 Å². The Morgan fingerprint density at radius 2 is 2.04 bits per heavy atom. The molecule has 2 atom stereocenters. The summed E-state index contributed by atoms with van der Waals surface area (Å²) in [6.07, 6.45) is 3.17. The molecule has 0 saturated carbocycles. The van der Waals surface area contributed by atoms with Gasteiger partial charge >= 0.3 is 0 Å². The monoisotopic (exact) mass is 459 g/mol. The number of nitrogens with zero attached hydrogens (tertiary/aromatic N) is 1. The number of ether oxygens (including phenoxy) is 1. The lowest BCUT2D eigenvalue weighted by atomic mass is 10.1. The Kier molecular flexibility index (Phi) is 8.06. The summed E-state index contributed by atoms with van der Waals surface area (Å²) in [5.74, 6) is 1.46. The SMILES string of the molecule is CC(C)(C)NC(=NCC1CCS(=O)(=O)C1)NCC1CCCO1.I. The molecule has 0 radical (unpaired) electrons. The van der Waals surface area contributed by atoms with Crippen molar-refractivity contribution in [3.05, 3.63) is 0 Å². The molecule has 2 fully saturated rings. The van der Waals surface area contributed by atoms with Crippen LogP contribution in [0.3, 0.4) is 0 Å². The molecule has 6 nitrogen and oxygen atoms in total. The summed E-state index contributed by atoms with van der Waals surface area (Å²) in [4.78, 5) is 4.59. The standard InChI is InChI=1S/C15H29N3O3S.HI/c1-15(2,3)18-14(17-10-13-5-4-7-21-13)16-9-12-6-8-22(19,20)11-12;/h12-13H,4-11H2,1-3H3,(H2,16,17,18);1H. The number of hydrogen-bond donors (Lipinski definition) is 2. The van der Waals surface area contributed by atoms with Crippen LogP contribution in [0.4, 0.5) is 0 Å². The Balaban J connectivity index is 0.00000264. The highest BCUT2D eigenvalue weighted by Crippen LogP contribution is 2.18. The molecule has 0 spiro atoms. The van der Waals surface area contributed by atoms with Gasteiger partial charge in [0.25, 0.3) is 0 Å². The number of hydrogen-bond acceptors (Lipinski definition) is 4. The Bertz CT molecular complexity index is 497. The normalized spacial score (nSPS) is 27.5. The highest BCUT2D eigenvalue weighted by atomic mass is 127. The minimum atomic E-state index is -2.83. The maximum Gasteiger partial charge on any atom is 0.191 e. The van der Waals surface area contributed by atoms with Crippen molar-refractivity contribution in [3.63, 3.8) is 0 Å².